The van der Waals surface area contributed by atoms with Gasteiger partial charge in [0.1, 0.15) is 0 Å². The lowest BCUT2D eigenvalue weighted by Crippen LogP contribution is -2.54. The van der Waals surface area contributed by atoms with Crippen LogP contribution in [-0.4, -0.2) is 29.6 Å². The van der Waals surface area contributed by atoms with E-state index < -0.39 is 0 Å². The van der Waals surface area contributed by atoms with E-state index in [-0.39, 0.29) is 5.54 Å². The van der Waals surface area contributed by atoms with Gasteiger partial charge in [0.25, 0.3) is 0 Å². The molecule has 0 aromatic carbocycles. The molecule has 120 valence electrons. The summed E-state index contributed by atoms with van der Waals surface area (Å²) >= 11 is 0. The van der Waals surface area contributed by atoms with E-state index in [9.17, 15) is 0 Å². The van der Waals surface area contributed by atoms with Crippen LogP contribution >= 0.6 is 0 Å². The molecule has 0 aliphatic heterocycles. The zero-order chi connectivity index (χ0) is 15.3. The Bertz CT molecular complexity index is 269. The molecule has 2 nitrogen and oxygen atoms in total. The quantitative estimate of drug-likeness (QED) is 0.683. The highest BCUT2D eigenvalue weighted by Gasteiger charge is 2.35. The smallest absolute Gasteiger partial charge is 0.0182 e. The van der Waals surface area contributed by atoms with Crippen molar-refractivity contribution in [1.29, 1.82) is 0 Å². The first-order valence-corrected chi connectivity index (χ1v) is 8.79. The van der Waals surface area contributed by atoms with E-state index in [1.54, 1.807) is 0 Å². The Morgan fingerprint density at radius 3 is 2.30 bits per heavy atom. The average Bonchev–Trinajstić information content (AvgIpc) is 2.38. The molecule has 0 bridgehead atoms. The van der Waals surface area contributed by atoms with Crippen molar-refractivity contribution in [2.75, 3.05) is 13.1 Å². The van der Waals surface area contributed by atoms with Crippen LogP contribution in [0.1, 0.15) is 73.6 Å². The summed E-state index contributed by atoms with van der Waals surface area (Å²) in [6.45, 7) is 16.1. The second-order valence-corrected chi connectivity index (χ2v) is 7.81. The van der Waals surface area contributed by atoms with Gasteiger partial charge in [-0.25, -0.2) is 0 Å². The molecule has 0 amide bonds. The second kappa shape index (κ2) is 7.79. The maximum atomic E-state index is 5.85. The van der Waals surface area contributed by atoms with Gasteiger partial charge in [0.15, 0.2) is 0 Å². The lowest BCUT2D eigenvalue weighted by molar-refractivity contribution is 0.0274. The highest BCUT2D eigenvalue weighted by Crippen LogP contribution is 2.39. The Hall–Kier alpha value is -0.0800. The standard InChI is InChI=1S/C18H38N2/c1-7-16(4)20(11-10-19)18(5,6)15(3)8-9-17-12-14(2)13-17/h14-17H,7-13,19H2,1-6H3/t14?,15?,16-,17?/m1/s1. The van der Waals surface area contributed by atoms with Crippen LogP contribution in [0.5, 0.6) is 0 Å². The molecule has 0 spiro atoms. The molecule has 1 aliphatic rings. The van der Waals surface area contributed by atoms with Gasteiger partial charge in [-0.3, -0.25) is 4.90 Å². The largest absolute Gasteiger partial charge is 0.329 e. The molecule has 0 heterocycles. The fourth-order valence-corrected chi connectivity index (χ4v) is 3.86. The van der Waals surface area contributed by atoms with Crippen LogP contribution in [-0.2, 0) is 0 Å². The summed E-state index contributed by atoms with van der Waals surface area (Å²) in [5.41, 5.74) is 6.10. The minimum absolute atomic E-state index is 0.254. The molecule has 2 N–H and O–H groups in total. The Morgan fingerprint density at radius 2 is 1.85 bits per heavy atom. The van der Waals surface area contributed by atoms with E-state index in [2.05, 4.69) is 46.4 Å². The zero-order valence-corrected chi connectivity index (χ0v) is 14.8. The molecule has 0 saturated heterocycles. The van der Waals surface area contributed by atoms with Crippen LogP contribution < -0.4 is 5.73 Å². The van der Waals surface area contributed by atoms with Gasteiger partial charge in [-0.05, 0) is 64.2 Å². The maximum Gasteiger partial charge on any atom is 0.0182 e. The second-order valence-electron chi connectivity index (χ2n) is 7.81. The molecular weight excluding hydrogens is 244 g/mol. The van der Waals surface area contributed by atoms with Gasteiger partial charge >= 0.3 is 0 Å². The van der Waals surface area contributed by atoms with E-state index in [1.165, 1.54) is 32.1 Å². The van der Waals surface area contributed by atoms with Crippen molar-refractivity contribution in [2.24, 2.45) is 23.5 Å². The normalized spacial score (nSPS) is 26.4. The van der Waals surface area contributed by atoms with Crippen LogP contribution in [0.3, 0.4) is 0 Å². The summed E-state index contributed by atoms with van der Waals surface area (Å²) in [7, 11) is 0. The summed E-state index contributed by atoms with van der Waals surface area (Å²) in [6, 6.07) is 0.625. The minimum Gasteiger partial charge on any atom is -0.329 e. The predicted molar refractivity (Wildman–Crippen MR) is 89.9 cm³/mol. The topological polar surface area (TPSA) is 29.3 Å². The summed E-state index contributed by atoms with van der Waals surface area (Å²) in [6.07, 6.45) is 6.92. The third-order valence-electron chi connectivity index (χ3n) is 5.92. The molecule has 0 aromatic heterocycles. The van der Waals surface area contributed by atoms with Gasteiger partial charge in [-0.1, -0.05) is 27.2 Å². The summed E-state index contributed by atoms with van der Waals surface area (Å²) in [4.78, 5) is 2.64. The van der Waals surface area contributed by atoms with Gasteiger partial charge in [-0.15, -0.1) is 0 Å². The number of hydrogen-bond acceptors (Lipinski definition) is 2. The van der Waals surface area contributed by atoms with E-state index in [1.807, 2.05) is 0 Å². The first-order chi connectivity index (χ1) is 9.32. The lowest BCUT2D eigenvalue weighted by Gasteiger charge is -2.47. The van der Waals surface area contributed by atoms with Crippen molar-refractivity contribution in [3.63, 3.8) is 0 Å². The van der Waals surface area contributed by atoms with E-state index in [4.69, 9.17) is 5.73 Å². The van der Waals surface area contributed by atoms with Gasteiger partial charge in [0, 0.05) is 24.7 Å². The molecule has 2 heteroatoms. The highest BCUT2D eigenvalue weighted by atomic mass is 15.2. The molecule has 1 fully saturated rings. The van der Waals surface area contributed by atoms with Gasteiger partial charge in [-0.2, -0.15) is 0 Å². The first kappa shape index (κ1) is 18.0. The molecule has 0 aromatic rings. The fourth-order valence-electron chi connectivity index (χ4n) is 3.86. The highest BCUT2D eigenvalue weighted by molar-refractivity contribution is 4.90. The number of hydrogen-bond donors (Lipinski definition) is 1. The van der Waals surface area contributed by atoms with Crippen LogP contribution in [0.4, 0.5) is 0 Å². The molecule has 20 heavy (non-hydrogen) atoms. The molecular formula is C18H38N2. The van der Waals surface area contributed by atoms with Crippen molar-refractivity contribution in [2.45, 2.75) is 85.2 Å². The van der Waals surface area contributed by atoms with E-state index in [0.717, 1.165) is 30.8 Å². The molecule has 1 saturated carbocycles. The van der Waals surface area contributed by atoms with Crippen LogP contribution in [0.25, 0.3) is 0 Å². The van der Waals surface area contributed by atoms with Crippen molar-refractivity contribution >= 4 is 0 Å². The Labute approximate surface area is 127 Å². The van der Waals surface area contributed by atoms with Crippen LogP contribution in [0, 0.1) is 17.8 Å². The predicted octanol–water partition coefficient (Wildman–Crippen LogP) is 4.29. The SMILES string of the molecule is CC[C@@H](C)N(CCN)C(C)(C)C(C)CCC1CC(C)C1. The summed E-state index contributed by atoms with van der Waals surface area (Å²) in [5.74, 6) is 2.73. The number of rotatable bonds is 9. The van der Waals surface area contributed by atoms with Gasteiger partial charge < -0.3 is 5.73 Å². The molecule has 0 radical (unpaired) electrons. The molecule has 2 atom stereocenters. The van der Waals surface area contributed by atoms with Crippen molar-refractivity contribution in [3.8, 4) is 0 Å². The number of nitrogens with zero attached hydrogens (tertiary/aromatic N) is 1. The molecule has 1 aliphatic carbocycles. The minimum atomic E-state index is 0.254. The lowest BCUT2D eigenvalue weighted by atomic mass is 9.71. The summed E-state index contributed by atoms with van der Waals surface area (Å²) in [5, 5.41) is 0. The van der Waals surface area contributed by atoms with E-state index >= 15 is 0 Å². The number of nitrogens with two attached hydrogens (primary N) is 1. The van der Waals surface area contributed by atoms with Crippen molar-refractivity contribution < 1.29 is 0 Å². The zero-order valence-electron chi connectivity index (χ0n) is 14.8. The third-order valence-corrected chi connectivity index (χ3v) is 5.92. The van der Waals surface area contributed by atoms with Crippen molar-refractivity contribution in [1.82, 2.24) is 4.90 Å². The van der Waals surface area contributed by atoms with Gasteiger partial charge in [0.05, 0.1) is 0 Å². The summed E-state index contributed by atoms with van der Waals surface area (Å²) < 4.78 is 0. The molecule has 1 rings (SSSR count). The Kier molecular flexibility index (Phi) is 7.00. The molecule has 1 unspecified atom stereocenters. The fraction of sp³-hybridized carbons (Fsp3) is 1.00. The monoisotopic (exact) mass is 282 g/mol. The third kappa shape index (κ3) is 4.46. The van der Waals surface area contributed by atoms with Crippen molar-refractivity contribution in [3.05, 3.63) is 0 Å². The Morgan fingerprint density at radius 1 is 1.25 bits per heavy atom. The first-order valence-electron chi connectivity index (χ1n) is 8.79. The van der Waals surface area contributed by atoms with E-state index in [0.29, 0.717) is 6.04 Å². The van der Waals surface area contributed by atoms with Crippen LogP contribution in [0.15, 0.2) is 0 Å². The van der Waals surface area contributed by atoms with Gasteiger partial charge in [0.2, 0.25) is 0 Å². The van der Waals surface area contributed by atoms with Crippen LogP contribution in [0.2, 0.25) is 0 Å². The average molecular weight is 283 g/mol. The maximum absolute atomic E-state index is 5.85. The Balaban J connectivity index is 2.53.